The highest BCUT2D eigenvalue weighted by molar-refractivity contribution is 7.99. The van der Waals surface area contributed by atoms with Gasteiger partial charge in [0.15, 0.2) is 5.13 Å². The maximum absolute atomic E-state index is 6.10. The van der Waals surface area contributed by atoms with E-state index in [0.717, 1.165) is 26.9 Å². The number of benzene rings is 1. The van der Waals surface area contributed by atoms with Crippen LogP contribution in [0.15, 0.2) is 18.2 Å². The summed E-state index contributed by atoms with van der Waals surface area (Å²) in [6, 6.07) is 5.82. The van der Waals surface area contributed by atoms with Crippen LogP contribution in [0.2, 0.25) is 5.02 Å². The molecule has 2 aromatic rings. The van der Waals surface area contributed by atoms with Crippen molar-refractivity contribution in [2.45, 2.75) is 12.2 Å². The molecule has 5 heteroatoms. The van der Waals surface area contributed by atoms with Gasteiger partial charge >= 0.3 is 0 Å². The van der Waals surface area contributed by atoms with Crippen molar-refractivity contribution in [3.05, 3.63) is 23.2 Å². The number of anilines is 1. The van der Waals surface area contributed by atoms with Gasteiger partial charge in [-0.1, -0.05) is 35.9 Å². The molecule has 86 valence electrons. The highest BCUT2D eigenvalue weighted by atomic mass is 35.5. The summed E-state index contributed by atoms with van der Waals surface area (Å²) in [5.74, 6) is 0. The molecule has 0 aliphatic carbocycles. The molecular weight excluding hydrogens is 260 g/mol. The van der Waals surface area contributed by atoms with Crippen LogP contribution in [0.25, 0.3) is 10.2 Å². The topological polar surface area (TPSA) is 24.9 Å². The van der Waals surface area contributed by atoms with Gasteiger partial charge in [-0.05, 0) is 18.4 Å². The number of thiazole rings is 1. The minimum Gasteiger partial charge on any atom is -0.360 e. The van der Waals surface area contributed by atoms with Crippen molar-refractivity contribution in [1.82, 2.24) is 4.98 Å². The van der Waals surface area contributed by atoms with Gasteiger partial charge in [-0.2, -0.15) is 11.8 Å². The van der Waals surface area contributed by atoms with Crippen molar-refractivity contribution in [2.75, 3.05) is 18.1 Å². The molecule has 1 aromatic carbocycles. The number of nitrogens with one attached hydrogen (secondary N) is 1. The zero-order valence-electron chi connectivity index (χ0n) is 9.16. The lowest BCUT2D eigenvalue weighted by atomic mass is 10.3. The summed E-state index contributed by atoms with van der Waals surface area (Å²) in [4.78, 5) is 4.49. The number of nitrogens with zero attached hydrogens (tertiary/aromatic N) is 1. The highest BCUT2D eigenvalue weighted by Crippen LogP contribution is 2.31. The standard InChI is InChI=1S/C11H13ClN2S2/c1-7(15-2)6-13-11-14-9-5-3-4-8(12)10(9)16-11/h3-5,7H,6H2,1-2H3,(H,13,14). The summed E-state index contributed by atoms with van der Waals surface area (Å²) in [5.41, 5.74) is 0.969. The lowest BCUT2D eigenvalue weighted by Crippen LogP contribution is -2.12. The summed E-state index contributed by atoms with van der Waals surface area (Å²) in [5, 5.41) is 5.65. The van der Waals surface area contributed by atoms with E-state index in [0.29, 0.717) is 5.25 Å². The van der Waals surface area contributed by atoms with Gasteiger partial charge in [0.05, 0.1) is 15.2 Å². The van der Waals surface area contributed by atoms with Crippen LogP contribution in [-0.2, 0) is 0 Å². The Labute approximate surface area is 108 Å². The number of hydrogen-bond donors (Lipinski definition) is 1. The highest BCUT2D eigenvalue weighted by Gasteiger charge is 2.07. The number of hydrogen-bond acceptors (Lipinski definition) is 4. The van der Waals surface area contributed by atoms with Crippen LogP contribution in [0.5, 0.6) is 0 Å². The van der Waals surface area contributed by atoms with E-state index in [9.17, 15) is 0 Å². The molecule has 0 radical (unpaired) electrons. The molecule has 0 aliphatic heterocycles. The Balaban J connectivity index is 2.17. The second kappa shape index (κ2) is 5.25. The summed E-state index contributed by atoms with van der Waals surface area (Å²) in [7, 11) is 0. The zero-order chi connectivity index (χ0) is 11.5. The van der Waals surface area contributed by atoms with Gasteiger partial charge in [0.25, 0.3) is 0 Å². The van der Waals surface area contributed by atoms with Crippen LogP contribution in [0, 0.1) is 0 Å². The van der Waals surface area contributed by atoms with E-state index < -0.39 is 0 Å². The number of aromatic nitrogens is 1. The second-order valence-corrected chi connectivity index (χ2v) is 6.22. The number of rotatable bonds is 4. The van der Waals surface area contributed by atoms with E-state index in [1.165, 1.54) is 0 Å². The van der Waals surface area contributed by atoms with Gasteiger partial charge in [-0.3, -0.25) is 0 Å². The van der Waals surface area contributed by atoms with Crippen molar-refractivity contribution in [2.24, 2.45) is 0 Å². The third kappa shape index (κ3) is 2.62. The molecule has 0 bridgehead atoms. The Bertz CT molecular complexity index is 484. The van der Waals surface area contributed by atoms with Crippen LogP contribution in [-0.4, -0.2) is 23.0 Å². The fourth-order valence-corrected chi connectivity index (χ4v) is 2.72. The van der Waals surface area contributed by atoms with Crippen LogP contribution >= 0.6 is 34.7 Å². The van der Waals surface area contributed by atoms with E-state index in [4.69, 9.17) is 11.6 Å². The third-order valence-corrected chi connectivity index (χ3v) is 4.77. The SMILES string of the molecule is CSC(C)CNc1nc2cccc(Cl)c2s1. The molecular formula is C11H13ClN2S2. The molecule has 0 spiro atoms. The van der Waals surface area contributed by atoms with Crippen LogP contribution in [0.4, 0.5) is 5.13 Å². The van der Waals surface area contributed by atoms with Gasteiger partial charge in [-0.15, -0.1) is 0 Å². The molecule has 0 saturated carbocycles. The normalized spacial score (nSPS) is 12.9. The quantitative estimate of drug-likeness (QED) is 0.907. The van der Waals surface area contributed by atoms with Gasteiger partial charge < -0.3 is 5.32 Å². The summed E-state index contributed by atoms with van der Waals surface area (Å²) in [6.07, 6.45) is 2.11. The van der Waals surface area contributed by atoms with Crippen molar-refractivity contribution >= 4 is 50.0 Å². The minimum absolute atomic E-state index is 0.586. The maximum Gasteiger partial charge on any atom is 0.183 e. The number of thioether (sulfide) groups is 1. The molecule has 2 nitrogen and oxygen atoms in total. The van der Waals surface area contributed by atoms with Gasteiger partial charge in [0, 0.05) is 11.8 Å². The van der Waals surface area contributed by atoms with E-state index in [1.807, 2.05) is 30.0 Å². The first-order chi connectivity index (χ1) is 7.70. The summed E-state index contributed by atoms with van der Waals surface area (Å²) in [6.45, 7) is 3.12. The molecule has 0 aliphatic rings. The second-order valence-electron chi connectivity index (χ2n) is 3.53. The molecule has 1 N–H and O–H groups in total. The summed E-state index contributed by atoms with van der Waals surface area (Å²) >= 11 is 9.55. The van der Waals surface area contributed by atoms with Crippen LogP contribution in [0.3, 0.4) is 0 Å². The van der Waals surface area contributed by atoms with Crippen molar-refractivity contribution in [3.8, 4) is 0 Å². The molecule has 0 fully saturated rings. The molecule has 2 rings (SSSR count). The molecule has 1 aromatic heterocycles. The van der Waals surface area contributed by atoms with E-state index in [-0.39, 0.29) is 0 Å². The maximum atomic E-state index is 6.10. The molecule has 0 amide bonds. The lowest BCUT2D eigenvalue weighted by molar-refractivity contribution is 1.00. The molecule has 1 heterocycles. The van der Waals surface area contributed by atoms with E-state index in [1.54, 1.807) is 11.3 Å². The lowest BCUT2D eigenvalue weighted by Gasteiger charge is -2.07. The van der Waals surface area contributed by atoms with Crippen LogP contribution in [0.1, 0.15) is 6.92 Å². The first-order valence-electron chi connectivity index (χ1n) is 5.02. The Kier molecular flexibility index (Phi) is 3.95. The molecule has 0 saturated heterocycles. The molecule has 1 unspecified atom stereocenters. The number of fused-ring (bicyclic) bond motifs is 1. The third-order valence-electron chi connectivity index (χ3n) is 2.31. The van der Waals surface area contributed by atoms with Crippen LogP contribution < -0.4 is 5.32 Å². The van der Waals surface area contributed by atoms with E-state index in [2.05, 4.69) is 23.5 Å². The fourth-order valence-electron chi connectivity index (χ4n) is 1.31. The van der Waals surface area contributed by atoms with Crippen molar-refractivity contribution in [1.29, 1.82) is 0 Å². The Morgan fingerprint density at radius 1 is 1.56 bits per heavy atom. The van der Waals surface area contributed by atoms with Crippen molar-refractivity contribution in [3.63, 3.8) is 0 Å². The first-order valence-corrected chi connectivity index (χ1v) is 7.50. The molecule has 16 heavy (non-hydrogen) atoms. The predicted molar refractivity (Wildman–Crippen MR) is 76.1 cm³/mol. The smallest absolute Gasteiger partial charge is 0.183 e. The zero-order valence-corrected chi connectivity index (χ0v) is 11.5. The van der Waals surface area contributed by atoms with Gasteiger partial charge in [-0.25, -0.2) is 4.98 Å². The largest absolute Gasteiger partial charge is 0.360 e. The van der Waals surface area contributed by atoms with Crippen molar-refractivity contribution < 1.29 is 0 Å². The monoisotopic (exact) mass is 272 g/mol. The van der Waals surface area contributed by atoms with Gasteiger partial charge in [0.1, 0.15) is 0 Å². The van der Waals surface area contributed by atoms with Gasteiger partial charge in [0.2, 0.25) is 0 Å². The average molecular weight is 273 g/mol. The summed E-state index contributed by atoms with van der Waals surface area (Å²) < 4.78 is 1.06. The average Bonchev–Trinajstić information content (AvgIpc) is 2.70. The minimum atomic E-state index is 0.586. The Hall–Kier alpha value is -0.450. The Morgan fingerprint density at radius 2 is 2.38 bits per heavy atom. The predicted octanol–water partition coefficient (Wildman–Crippen LogP) is 4.11. The first kappa shape index (κ1) is 12.0. The molecule has 1 atom stereocenters. The fraction of sp³-hybridized carbons (Fsp3) is 0.364. The van der Waals surface area contributed by atoms with E-state index >= 15 is 0 Å². The number of halogens is 1. The Morgan fingerprint density at radius 3 is 3.06 bits per heavy atom.